The highest BCUT2D eigenvalue weighted by Gasteiger charge is 2.33. The maximum atomic E-state index is 13.1. The summed E-state index contributed by atoms with van der Waals surface area (Å²) in [6.07, 6.45) is 6.72. The molecule has 1 amide bonds. The topological polar surface area (TPSA) is 65.8 Å². The number of pyridine rings is 1. The molecule has 1 aliphatic carbocycles. The van der Waals surface area contributed by atoms with Gasteiger partial charge in [-0.25, -0.2) is 13.8 Å². The fraction of sp³-hybridized carbons (Fsp3) is 0.353. The summed E-state index contributed by atoms with van der Waals surface area (Å²) < 4.78 is 26.3. The van der Waals surface area contributed by atoms with Crippen LogP contribution in [-0.2, 0) is 4.79 Å². The van der Waals surface area contributed by atoms with Gasteiger partial charge in [-0.05, 0) is 36.5 Å². The molecule has 1 fully saturated rings. The molecule has 0 spiro atoms. The molecule has 23 heavy (non-hydrogen) atoms. The van der Waals surface area contributed by atoms with E-state index in [0.29, 0.717) is 29.8 Å². The predicted octanol–water partition coefficient (Wildman–Crippen LogP) is 3.92. The van der Waals surface area contributed by atoms with Gasteiger partial charge < -0.3 is 5.32 Å². The third kappa shape index (κ3) is 4.71. The Kier molecular flexibility index (Phi) is 5.22. The van der Waals surface area contributed by atoms with Gasteiger partial charge in [0.1, 0.15) is 11.9 Å². The summed E-state index contributed by atoms with van der Waals surface area (Å²) in [6.45, 7) is 3.35. The van der Waals surface area contributed by atoms with Gasteiger partial charge in [-0.3, -0.25) is 4.79 Å². The van der Waals surface area contributed by atoms with Crippen LogP contribution in [0.3, 0.4) is 0 Å². The molecule has 1 heterocycles. The zero-order chi connectivity index (χ0) is 16.9. The number of aromatic nitrogens is 1. The van der Waals surface area contributed by atoms with E-state index in [0.717, 1.165) is 6.08 Å². The zero-order valence-electron chi connectivity index (χ0n) is 12.6. The van der Waals surface area contributed by atoms with Crippen LogP contribution in [0.15, 0.2) is 31.0 Å². The van der Waals surface area contributed by atoms with Crippen molar-refractivity contribution >= 4 is 17.8 Å². The number of amides is 1. The summed E-state index contributed by atoms with van der Waals surface area (Å²) in [5, 5.41) is 11.6. The second-order valence-electron chi connectivity index (χ2n) is 5.51. The number of nitrogens with zero attached hydrogens (tertiary/aromatic N) is 2. The quantitative estimate of drug-likeness (QED) is 0.856. The molecular weight excluding hydrogens is 300 g/mol. The van der Waals surface area contributed by atoms with Crippen molar-refractivity contribution < 1.29 is 13.6 Å². The monoisotopic (exact) mass is 317 g/mol. The second kappa shape index (κ2) is 7.14. The second-order valence-corrected chi connectivity index (χ2v) is 5.51. The molecule has 120 valence electrons. The summed E-state index contributed by atoms with van der Waals surface area (Å²) >= 11 is 0. The molecule has 1 saturated carbocycles. The number of carbonyl (C=O) groups excluding carboxylic acids is 1. The molecule has 2 rings (SSSR count). The van der Waals surface area contributed by atoms with Crippen LogP contribution < -0.4 is 5.32 Å². The minimum absolute atomic E-state index is 0.0700. The summed E-state index contributed by atoms with van der Waals surface area (Å²) in [5.41, 5.74) is 0.957. The number of carbonyl (C=O) groups is 1. The largest absolute Gasteiger partial charge is 0.307 e. The standard InChI is InChI=1S/C17H17F2N3O/c1-2-16(23)22-15-9-13(14(10-20)11-21-15)4-3-12-5-7-17(18,19)8-6-12/h2-4,9,11-12H,1,5-8H2,(H,21,22,23)/b4-3+. The lowest BCUT2D eigenvalue weighted by molar-refractivity contribution is -0.111. The van der Waals surface area contributed by atoms with Crippen LogP contribution >= 0.6 is 0 Å². The Labute approximate surface area is 133 Å². The van der Waals surface area contributed by atoms with Crippen molar-refractivity contribution in [3.63, 3.8) is 0 Å². The summed E-state index contributed by atoms with van der Waals surface area (Å²) in [5.74, 6) is -2.57. The van der Waals surface area contributed by atoms with E-state index in [2.05, 4.69) is 16.9 Å². The van der Waals surface area contributed by atoms with Crippen LogP contribution in [0.4, 0.5) is 14.6 Å². The lowest BCUT2D eigenvalue weighted by Crippen LogP contribution is -2.23. The molecule has 0 bridgehead atoms. The average molecular weight is 317 g/mol. The van der Waals surface area contributed by atoms with Gasteiger partial charge in [0, 0.05) is 19.0 Å². The first kappa shape index (κ1) is 16.8. The fourth-order valence-corrected chi connectivity index (χ4v) is 2.44. The average Bonchev–Trinajstić information content (AvgIpc) is 2.54. The van der Waals surface area contributed by atoms with Gasteiger partial charge in [-0.15, -0.1) is 0 Å². The van der Waals surface area contributed by atoms with Gasteiger partial charge >= 0.3 is 0 Å². The van der Waals surface area contributed by atoms with Gasteiger partial charge in [0.05, 0.1) is 5.56 Å². The van der Waals surface area contributed by atoms with E-state index < -0.39 is 11.8 Å². The number of nitrogens with one attached hydrogen (secondary N) is 1. The normalized spacial score (nSPS) is 17.6. The Morgan fingerprint density at radius 2 is 2.17 bits per heavy atom. The van der Waals surface area contributed by atoms with Crippen LogP contribution in [0.1, 0.15) is 36.8 Å². The van der Waals surface area contributed by atoms with Gasteiger partial charge in [0.2, 0.25) is 11.8 Å². The molecule has 1 aromatic rings. The first-order valence-corrected chi connectivity index (χ1v) is 7.33. The molecule has 0 aromatic carbocycles. The van der Waals surface area contributed by atoms with Gasteiger partial charge in [-0.2, -0.15) is 5.26 Å². The highest BCUT2D eigenvalue weighted by Crippen LogP contribution is 2.36. The Morgan fingerprint density at radius 3 is 2.78 bits per heavy atom. The number of hydrogen-bond donors (Lipinski definition) is 1. The minimum Gasteiger partial charge on any atom is -0.307 e. The molecule has 0 aliphatic heterocycles. The van der Waals surface area contributed by atoms with Crippen LogP contribution in [0.2, 0.25) is 0 Å². The molecule has 1 aliphatic rings. The third-order valence-corrected chi connectivity index (χ3v) is 3.80. The van der Waals surface area contributed by atoms with Crippen LogP contribution in [0.25, 0.3) is 6.08 Å². The maximum absolute atomic E-state index is 13.1. The first-order chi connectivity index (χ1) is 10.9. The van der Waals surface area contributed by atoms with E-state index in [9.17, 15) is 13.6 Å². The Morgan fingerprint density at radius 1 is 1.48 bits per heavy atom. The number of allylic oxidation sites excluding steroid dienone is 1. The van der Waals surface area contributed by atoms with Crippen molar-refractivity contribution in [2.24, 2.45) is 5.92 Å². The van der Waals surface area contributed by atoms with Crippen molar-refractivity contribution in [1.82, 2.24) is 4.98 Å². The lowest BCUT2D eigenvalue weighted by atomic mass is 9.86. The summed E-state index contributed by atoms with van der Waals surface area (Å²) in [6, 6.07) is 3.60. The Balaban J connectivity index is 2.13. The number of hydrogen-bond acceptors (Lipinski definition) is 3. The zero-order valence-corrected chi connectivity index (χ0v) is 12.6. The molecule has 0 unspecified atom stereocenters. The molecular formula is C17H17F2N3O. The van der Waals surface area contributed by atoms with E-state index in [-0.39, 0.29) is 18.8 Å². The number of rotatable bonds is 4. The Hall–Kier alpha value is -2.55. The smallest absolute Gasteiger partial charge is 0.248 e. The molecule has 6 heteroatoms. The number of nitriles is 1. The first-order valence-electron chi connectivity index (χ1n) is 7.33. The van der Waals surface area contributed by atoms with Crippen LogP contribution in [-0.4, -0.2) is 16.8 Å². The highest BCUT2D eigenvalue weighted by molar-refractivity contribution is 5.98. The predicted molar refractivity (Wildman–Crippen MR) is 83.7 cm³/mol. The van der Waals surface area contributed by atoms with Gasteiger partial charge in [0.15, 0.2) is 0 Å². The van der Waals surface area contributed by atoms with E-state index in [4.69, 9.17) is 5.26 Å². The molecule has 0 radical (unpaired) electrons. The van der Waals surface area contributed by atoms with E-state index in [1.54, 1.807) is 12.1 Å². The SMILES string of the molecule is C=CC(=O)Nc1cc(/C=C/C2CCC(F)(F)CC2)c(C#N)cn1. The van der Waals surface area contributed by atoms with Gasteiger partial charge in [-0.1, -0.05) is 18.7 Å². The number of halogens is 2. The third-order valence-electron chi connectivity index (χ3n) is 3.80. The number of alkyl halides is 2. The van der Waals surface area contributed by atoms with Crippen molar-refractivity contribution in [1.29, 1.82) is 5.26 Å². The minimum atomic E-state index is -2.55. The van der Waals surface area contributed by atoms with Crippen molar-refractivity contribution in [3.8, 4) is 6.07 Å². The summed E-state index contributed by atoms with van der Waals surface area (Å²) in [7, 11) is 0. The number of anilines is 1. The van der Waals surface area contributed by atoms with E-state index in [1.165, 1.54) is 6.20 Å². The molecule has 0 saturated heterocycles. The van der Waals surface area contributed by atoms with Crippen LogP contribution in [0.5, 0.6) is 0 Å². The van der Waals surface area contributed by atoms with Crippen molar-refractivity contribution in [3.05, 3.63) is 42.1 Å². The van der Waals surface area contributed by atoms with E-state index >= 15 is 0 Å². The maximum Gasteiger partial charge on any atom is 0.248 e. The van der Waals surface area contributed by atoms with Gasteiger partial charge in [0.25, 0.3) is 0 Å². The lowest BCUT2D eigenvalue weighted by Gasteiger charge is -2.26. The Bertz CT molecular complexity index is 667. The van der Waals surface area contributed by atoms with Crippen molar-refractivity contribution in [2.75, 3.05) is 5.32 Å². The van der Waals surface area contributed by atoms with Crippen molar-refractivity contribution in [2.45, 2.75) is 31.6 Å². The van der Waals surface area contributed by atoms with Crippen LogP contribution in [0, 0.1) is 17.2 Å². The molecule has 0 atom stereocenters. The highest BCUT2D eigenvalue weighted by atomic mass is 19.3. The summed E-state index contributed by atoms with van der Waals surface area (Å²) in [4.78, 5) is 15.3. The fourth-order valence-electron chi connectivity index (χ4n) is 2.44. The molecule has 4 nitrogen and oxygen atoms in total. The molecule has 1 N–H and O–H groups in total. The molecule has 1 aromatic heterocycles. The van der Waals surface area contributed by atoms with E-state index in [1.807, 2.05) is 12.1 Å².